The molecule has 0 spiro atoms. The SMILES string of the molecule is NNCCNCCS(=O)(=O)O. The Balaban J connectivity index is 3.16. The highest BCUT2D eigenvalue weighted by atomic mass is 32.2. The van der Waals surface area contributed by atoms with Gasteiger partial charge in [-0.05, 0) is 0 Å². The van der Waals surface area contributed by atoms with E-state index in [4.69, 9.17) is 10.4 Å². The molecular weight excluding hydrogens is 170 g/mol. The number of hydrogen-bond acceptors (Lipinski definition) is 5. The zero-order valence-electron chi connectivity index (χ0n) is 6.08. The highest BCUT2D eigenvalue weighted by Gasteiger charge is 2.01. The molecule has 11 heavy (non-hydrogen) atoms. The lowest BCUT2D eigenvalue weighted by Gasteiger charge is -2.01. The Bertz CT molecular complexity index is 179. The van der Waals surface area contributed by atoms with Crippen molar-refractivity contribution in [3.63, 3.8) is 0 Å². The van der Waals surface area contributed by atoms with Crippen LogP contribution < -0.4 is 16.6 Å². The van der Waals surface area contributed by atoms with Gasteiger partial charge in [0.1, 0.15) is 0 Å². The Morgan fingerprint density at radius 2 is 1.91 bits per heavy atom. The van der Waals surface area contributed by atoms with Crippen LogP contribution in [-0.4, -0.2) is 38.4 Å². The number of nitrogens with two attached hydrogens (primary N) is 1. The van der Waals surface area contributed by atoms with Crippen molar-refractivity contribution in [1.29, 1.82) is 0 Å². The molecule has 0 aliphatic carbocycles. The van der Waals surface area contributed by atoms with E-state index in [2.05, 4.69) is 10.7 Å². The van der Waals surface area contributed by atoms with Crippen LogP contribution in [0.4, 0.5) is 0 Å². The minimum atomic E-state index is -3.83. The summed E-state index contributed by atoms with van der Waals surface area (Å²) in [4.78, 5) is 0. The van der Waals surface area contributed by atoms with E-state index in [0.717, 1.165) is 0 Å². The molecule has 0 aromatic heterocycles. The molecule has 0 aromatic carbocycles. The van der Waals surface area contributed by atoms with Gasteiger partial charge in [0.05, 0.1) is 5.75 Å². The Morgan fingerprint density at radius 3 is 2.36 bits per heavy atom. The van der Waals surface area contributed by atoms with Crippen LogP contribution in [0.15, 0.2) is 0 Å². The summed E-state index contributed by atoms with van der Waals surface area (Å²) in [5.41, 5.74) is 2.39. The lowest BCUT2D eigenvalue weighted by atomic mass is 10.6. The predicted octanol–water partition coefficient (Wildman–Crippen LogP) is -2.07. The Labute approximate surface area is 65.9 Å². The minimum Gasteiger partial charge on any atom is -0.314 e. The lowest BCUT2D eigenvalue weighted by Crippen LogP contribution is -2.33. The maximum atomic E-state index is 10.1. The zero-order chi connectivity index (χ0) is 8.74. The molecule has 0 aliphatic heterocycles. The van der Waals surface area contributed by atoms with Crippen molar-refractivity contribution in [1.82, 2.24) is 10.7 Å². The summed E-state index contributed by atoms with van der Waals surface area (Å²) in [6.45, 7) is 1.37. The fraction of sp³-hybridized carbons (Fsp3) is 1.00. The summed E-state index contributed by atoms with van der Waals surface area (Å²) >= 11 is 0. The van der Waals surface area contributed by atoms with Crippen LogP contribution in [0.1, 0.15) is 0 Å². The first kappa shape index (κ1) is 10.8. The van der Waals surface area contributed by atoms with Gasteiger partial charge in [-0.2, -0.15) is 8.42 Å². The zero-order valence-corrected chi connectivity index (χ0v) is 6.89. The summed E-state index contributed by atoms with van der Waals surface area (Å²) in [6.07, 6.45) is 0. The molecule has 6 nitrogen and oxygen atoms in total. The second kappa shape index (κ2) is 5.44. The monoisotopic (exact) mass is 183 g/mol. The van der Waals surface area contributed by atoms with E-state index in [1.165, 1.54) is 0 Å². The molecule has 0 aromatic rings. The second-order valence-electron chi connectivity index (χ2n) is 1.99. The number of hydrazine groups is 1. The molecule has 0 unspecified atom stereocenters. The Hall–Kier alpha value is -0.210. The highest BCUT2D eigenvalue weighted by molar-refractivity contribution is 7.85. The van der Waals surface area contributed by atoms with Crippen LogP contribution in [0.5, 0.6) is 0 Å². The third kappa shape index (κ3) is 9.79. The van der Waals surface area contributed by atoms with Gasteiger partial charge >= 0.3 is 0 Å². The molecule has 5 N–H and O–H groups in total. The van der Waals surface area contributed by atoms with E-state index in [1.54, 1.807) is 0 Å². The number of nitrogens with one attached hydrogen (secondary N) is 2. The molecule has 0 saturated heterocycles. The predicted molar refractivity (Wildman–Crippen MR) is 41.5 cm³/mol. The highest BCUT2D eigenvalue weighted by Crippen LogP contribution is 1.77. The van der Waals surface area contributed by atoms with Gasteiger partial charge in [0, 0.05) is 19.6 Å². The summed E-state index contributed by atoms with van der Waals surface area (Å²) < 4.78 is 28.5. The van der Waals surface area contributed by atoms with E-state index < -0.39 is 10.1 Å². The first-order valence-electron chi connectivity index (χ1n) is 3.15. The van der Waals surface area contributed by atoms with Crippen LogP contribution in [0.25, 0.3) is 0 Å². The van der Waals surface area contributed by atoms with Crippen molar-refractivity contribution in [2.45, 2.75) is 0 Å². The summed E-state index contributed by atoms with van der Waals surface area (Å²) in [5, 5.41) is 2.76. The van der Waals surface area contributed by atoms with Gasteiger partial charge in [0.2, 0.25) is 0 Å². The molecule has 0 saturated carbocycles. The summed E-state index contributed by atoms with van der Waals surface area (Å²) in [7, 11) is -3.83. The average Bonchev–Trinajstić information content (AvgIpc) is 1.85. The molecule has 0 atom stereocenters. The fourth-order valence-corrected chi connectivity index (χ4v) is 0.889. The van der Waals surface area contributed by atoms with Gasteiger partial charge in [-0.1, -0.05) is 0 Å². The van der Waals surface area contributed by atoms with Crippen LogP contribution in [0, 0.1) is 0 Å². The normalized spacial score (nSPS) is 11.8. The Morgan fingerprint density at radius 1 is 1.27 bits per heavy atom. The molecule has 7 heteroatoms. The van der Waals surface area contributed by atoms with Crippen molar-refractivity contribution in [2.75, 3.05) is 25.4 Å². The van der Waals surface area contributed by atoms with Crippen molar-refractivity contribution < 1.29 is 13.0 Å². The van der Waals surface area contributed by atoms with Gasteiger partial charge in [0.25, 0.3) is 10.1 Å². The van der Waals surface area contributed by atoms with Gasteiger partial charge in [0.15, 0.2) is 0 Å². The van der Waals surface area contributed by atoms with E-state index >= 15 is 0 Å². The summed E-state index contributed by atoms with van der Waals surface area (Å²) in [5.74, 6) is 4.67. The molecule has 0 heterocycles. The van der Waals surface area contributed by atoms with Crippen LogP contribution in [0.3, 0.4) is 0 Å². The molecule has 0 amide bonds. The number of rotatable bonds is 6. The molecule has 0 bridgehead atoms. The van der Waals surface area contributed by atoms with Crippen molar-refractivity contribution in [3.8, 4) is 0 Å². The standard InChI is InChI=1S/C4H13N3O3S/c5-7-2-1-6-3-4-11(8,9)10/h6-7H,1-5H2,(H,8,9,10). The smallest absolute Gasteiger partial charge is 0.266 e. The second-order valence-corrected chi connectivity index (χ2v) is 3.56. The van der Waals surface area contributed by atoms with E-state index in [0.29, 0.717) is 13.1 Å². The Kier molecular flexibility index (Phi) is 5.34. The minimum absolute atomic E-state index is 0.237. The van der Waals surface area contributed by atoms with E-state index in [1.807, 2.05) is 0 Å². The topological polar surface area (TPSA) is 104 Å². The van der Waals surface area contributed by atoms with E-state index in [-0.39, 0.29) is 12.3 Å². The van der Waals surface area contributed by atoms with Crippen LogP contribution in [-0.2, 0) is 10.1 Å². The number of hydrogen-bond donors (Lipinski definition) is 4. The van der Waals surface area contributed by atoms with Crippen LogP contribution >= 0.6 is 0 Å². The first-order valence-corrected chi connectivity index (χ1v) is 4.76. The summed E-state index contributed by atoms with van der Waals surface area (Å²) in [6, 6.07) is 0. The molecule has 0 fully saturated rings. The molecule has 0 rings (SSSR count). The average molecular weight is 183 g/mol. The van der Waals surface area contributed by atoms with Crippen molar-refractivity contribution >= 4 is 10.1 Å². The van der Waals surface area contributed by atoms with Gasteiger partial charge in [-0.15, -0.1) is 0 Å². The van der Waals surface area contributed by atoms with Crippen LogP contribution in [0.2, 0.25) is 0 Å². The molecule has 0 aliphatic rings. The van der Waals surface area contributed by atoms with Gasteiger partial charge < -0.3 is 5.32 Å². The molecule has 68 valence electrons. The maximum Gasteiger partial charge on any atom is 0.266 e. The molecular formula is C4H13N3O3S. The van der Waals surface area contributed by atoms with Gasteiger partial charge in [-0.25, -0.2) is 0 Å². The van der Waals surface area contributed by atoms with Crippen molar-refractivity contribution in [3.05, 3.63) is 0 Å². The maximum absolute atomic E-state index is 10.1. The third-order valence-corrected chi connectivity index (χ3v) is 1.70. The molecule has 0 radical (unpaired) electrons. The van der Waals surface area contributed by atoms with Crippen molar-refractivity contribution in [2.24, 2.45) is 5.84 Å². The van der Waals surface area contributed by atoms with E-state index in [9.17, 15) is 8.42 Å². The first-order chi connectivity index (χ1) is 5.06. The van der Waals surface area contributed by atoms with Gasteiger partial charge in [-0.3, -0.25) is 15.8 Å². The third-order valence-electron chi connectivity index (χ3n) is 0.983. The lowest BCUT2D eigenvalue weighted by molar-refractivity contribution is 0.480. The fourth-order valence-electron chi connectivity index (χ4n) is 0.487. The quantitative estimate of drug-likeness (QED) is 0.163. The largest absolute Gasteiger partial charge is 0.314 e.